The van der Waals surface area contributed by atoms with Crippen molar-refractivity contribution in [2.75, 3.05) is 26.7 Å². The minimum Gasteiger partial charge on any atom is -0.469 e. The van der Waals surface area contributed by atoms with Crippen LogP contribution in [-0.2, 0) is 9.53 Å². The Bertz CT molecular complexity index is 181. The molecule has 2 fully saturated rings. The standard InChI is InChI=1S/C8H13NO2/c1-11-8(10)7-5-9-3-2-6(7)4-9/h6-7H,2-5H2,1H3/t6-,7+/m0/s1. The number of carbonyl (C=O) groups excluding carboxylic acids is 1. The van der Waals surface area contributed by atoms with E-state index in [1.54, 1.807) is 0 Å². The second kappa shape index (κ2) is 2.48. The third-order valence-electron chi connectivity index (χ3n) is 2.84. The average molecular weight is 155 g/mol. The molecule has 3 heteroatoms. The lowest BCUT2D eigenvalue weighted by atomic mass is 9.93. The fraction of sp³-hybridized carbons (Fsp3) is 0.875. The van der Waals surface area contributed by atoms with Crippen LogP contribution in [0.25, 0.3) is 0 Å². The van der Waals surface area contributed by atoms with E-state index in [1.807, 2.05) is 0 Å². The summed E-state index contributed by atoms with van der Waals surface area (Å²) < 4.78 is 4.72. The number of hydrogen-bond acceptors (Lipinski definition) is 3. The van der Waals surface area contributed by atoms with E-state index >= 15 is 0 Å². The van der Waals surface area contributed by atoms with E-state index in [1.165, 1.54) is 20.1 Å². The summed E-state index contributed by atoms with van der Waals surface area (Å²) in [5.74, 6) is 0.744. The first-order valence-corrected chi connectivity index (χ1v) is 4.11. The largest absolute Gasteiger partial charge is 0.469 e. The molecule has 2 aliphatic rings. The minimum absolute atomic E-state index is 0.0165. The molecule has 0 aromatic carbocycles. The number of carbonyl (C=O) groups is 1. The molecule has 3 atom stereocenters. The fourth-order valence-electron chi connectivity index (χ4n) is 2.20. The summed E-state index contributed by atoms with van der Waals surface area (Å²) in [7, 11) is 1.48. The number of esters is 1. The predicted octanol–water partition coefficient (Wildman–Crippen LogP) is 0.111. The SMILES string of the molecule is COC(=O)[C@@H]1CN2CC[C@H]1C2. The maximum Gasteiger partial charge on any atom is 0.310 e. The van der Waals surface area contributed by atoms with Gasteiger partial charge in [-0.15, -0.1) is 0 Å². The topological polar surface area (TPSA) is 29.5 Å². The van der Waals surface area contributed by atoms with Gasteiger partial charge in [-0.3, -0.25) is 4.79 Å². The van der Waals surface area contributed by atoms with Crippen molar-refractivity contribution in [2.45, 2.75) is 6.42 Å². The van der Waals surface area contributed by atoms with Crippen LogP contribution < -0.4 is 0 Å². The maximum atomic E-state index is 11.2. The lowest BCUT2D eigenvalue weighted by molar-refractivity contribution is -0.146. The highest BCUT2D eigenvalue weighted by atomic mass is 16.5. The molecule has 0 amide bonds. The summed E-state index contributed by atoms with van der Waals surface area (Å²) in [6, 6.07) is 0. The van der Waals surface area contributed by atoms with Crippen LogP contribution in [-0.4, -0.2) is 37.6 Å². The smallest absolute Gasteiger partial charge is 0.310 e. The van der Waals surface area contributed by atoms with Crippen molar-refractivity contribution in [3.8, 4) is 0 Å². The highest BCUT2D eigenvalue weighted by Gasteiger charge is 2.42. The Balaban J connectivity index is 2.02. The number of nitrogens with zero attached hydrogens (tertiary/aromatic N) is 1. The Morgan fingerprint density at radius 1 is 1.55 bits per heavy atom. The number of fused-ring (bicyclic) bond motifs is 2. The molecule has 11 heavy (non-hydrogen) atoms. The van der Waals surface area contributed by atoms with Gasteiger partial charge in [-0.25, -0.2) is 0 Å². The highest BCUT2D eigenvalue weighted by molar-refractivity contribution is 5.73. The number of methoxy groups -OCH3 is 1. The van der Waals surface area contributed by atoms with Crippen LogP contribution in [0.1, 0.15) is 6.42 Å². The van der Waals surface area contributed by atoms with E-state index in [0.717, 1.165) is 13.1 Å². The van der Waals surface area contributed by atoms with E-state index in [-0.39, 0.29) is 11.9 Å². The van der Waals surface area contributed by atoms with Gasteiger partial charge in [0, 0.05) is 13.1 Å². The first-order chi connectivity index (χ1) is 5.31. The van der Waals surface area contributed by atoms with Crippen LogP contribution in [0.3, 0.4) is 0 Å². The Morgan fingerprint density at radius 2 is 2.36 bits per heavy atom. The lowest BCUT2D eigenvalue weighted by Gasteiger charge is -2.19. The van der Waals surface area contributed by atoms with Crippen LogP contribution >= 0.6 is 0 Å². The second-order valence-corrected chi connectivity index (χ2v) is 3.44. The Labute approximate surface area is 66.3 Å². The molecule has 3 nitrogen and oxygen atoms in total. The van der Waals surface area contributed by atoms with Crippen molar-refractivity contribution in [3.63, 3.8) is 0 Å². The molecule has 2 heterocycles. The molecule has 2 saturated heterocycles. The van der Waals surface area contributed by atoms with Crippen molar-refractivity contribution in [2.24, 2.45) is 11.8 Å². The Kier molecular flexibility index (Phi) is 1.60. The average Bonchev–Trinajstić information content (AvgIpc) is 2.62. The number of piperidine rings is 1. The van der Waals surface area contributed by atoms with Gasteiger partial charge in [-0.2, -0.15) is 0 Å². The van der Waals surface area contributed by atoms with Crippen LogP contribution in [0.15, 0.2) is 0 Å². The molecule has 62 valence electrons. The first-order valence-electron chi connectivity index (χ1n) is 4.11. The molecular weight excluding hydrogens is 142 g/mol. The van der Waals surface area contributed by atoms with E-state index < -0.39 is 0 Å². The zero-order valence-electron chi connectivity index (χ0n) is 6.75. The monoisotopic (exact) mass is 155 g/mol. The van der Waals surface area contributed by atoms with Gasteiger partial charge in [0.15, 0.2) is 0 Å². The third-order valence-corrected chi connectivity index (χ3v) is 2.84. The van der Waals surface area contributed by atoms with Crippen LogP contribution in [0, 0.1) is 11.8 Å². The molecule has 2 rings (SSSR count). The Morgan fingerprint density at radius 3 is 2.82 bits per heavy atom. The lowest BCUT2D eigenvalue weighted by Crippen LogP contribution is -2.30. The van der Waals surface area contributed by atoms with Gasteiger partial charge in [0.05, 0.1) is 13.0 Å². The number of rotatable bonds is 1. The molecular formula is C8H13NO2. The van der Waals surface area contributed by atoms with Gasteiger partial charge in [0.1, 0.15) is 0 Å². The van der Waals surface area contributed by atoms with Crippen LogP contribution in [0.2, 0.25) is 0 Å². The fourth-order valence-corrected chi connectivity index (χ4v) is 2.20. The summed E-state index contributed by atoms with van der Waals surface area (Å²) >= 11 is 0. The number of hydrogen-bond donors (Lipinski definition) is 0. The van der Waals surface area contributed by atoms with Gasteiger partial charge < -0.3 is 9.64 Å². The van der Waals surface area contributed by atoms with Gasteiger partial charge >= 0.3 is 5.97 Å². The summed E-state index contributed by atoms with van der Waals surface area (Å²) in [6.07, 6.45) is 1.18. The molecule has 0 aromatic heterocycles. The van der Waals surface area contributed by atoms with E-state index in [4.69, 9.17) is 4.74 Å². The van der Waals surface area contributed by atoms with Gasteiger partial charge in [0.25, 0.3) is 0 Å². The molecule has 2 aliphatic heterocycles. The second-order valence-electron chi connectivity index (χ2n) is 3.44. The third kappa shape index (κ3) is 1.03. The zero-order valence-corrected chi connectivity index (χ0v) is 6.75. The van der Waals surface area contributed by atoms with Crippen LogP contribution in [0.5, 0.6) is 0 Å². The molecule has 1 unspecified atom stereocenters. The van der Waals surface area contributed by atoms with Gasteiger partial charge in [-0.05, 0) is 18.9 Å². The summed E-state index contributed by atoms with van der Waals surface area (Å²) in [5, 5.41) is 0. The summed E-state index contributed by atoms with van der Waals surface area (Å²) in [6.45, 7) is 3.22. The highest BCUT2D eigenvalue weighted by Crippen LogP contribution is 2.33. The van der Waals surface area contributed by atoms with Crippen molar-refractivity contribution in [3.05, 3.63) is 0 Å². The maximum absolute atomic E-state index is 11.2. The molecule has 0 N–H and O–H groups in total. The predicted molar refractivity (Wildman–Crippen MR) is 40.1 cm³/mol. The quantitative estimate of drug-likeness (QED) is 0.503. The summed E-state index contributed by atoms with van der Waals surface area (Å²) in [5.41, 5.74) is 0. The van der Waals surface area contributed by atoms with Crippen molar-refractivity contribution < 1.29 is 9.53 Å². The molecule has 2 bridgehead atoms. The molecule has 0 saturated carbocycles. The van der Waals surface area contributed by atoms with E-state index in [0.29, 0.717) is 5.92 Å². The molecule has 0 spiro atoms. The zero-order chi connectivity index (χ0) is 7.84. The normalized spacial score (nSPS) is 41.0. The van der Waals surface area contributed by atoms with Crippen LogP contribution in [0.4, 0.5) is 0 Å². The molecule has 0 aromatic rings. The van der Waals surface area contributed by atoms with Gasteiger partial charge in [0.2, 0.25) is 0 Å². The summed E-state index contributed by atoms with van der Waals surface area (Å²) in [4.78, 5) is 13.5. The van der Waals surface area contributed by atoms with Gasteiger partial charge in [-0.1, -0.05) is 0 Å². The minimum atomic E-state index is -0.0165. The molecule has 0 aliphatic carbocycles. The van der Waals surface area contributed by atoms with E-state index in [2.05, 4.69) is 4.90 Å². The van der Waals surface area contributed by atoms with Crippen molar-refractivity contribution >= 4 is 5.97 Å². The number of ether oxygens (including phenoxy) is 1. The van der Waals surface area contributed by atoms with Crippen molar-refractivity contribution in [1.82, 2.24) is 4.90 Å². The van der Waals surface area contributed by atoms with Crippen molar-refractivity contribution in [1.29, 1.82) is 0 Å². The van der Waals surface area contributed by atoms with E-state index in [9.17, 15) is 4.79 Å². The Hall–Kier alpha value is -0.570. The molecule has 0 radical (unpaired) electrons. The first kappa shape index (κ1) is 7.10.